The van der Waals surface area contributed by atoms with Crippen LogP contribution in [0.15, 0.2) is 12.7 Å². The van der Waals surface area contributed by atoms with Crippen LogP contribution in [-0.4, -0.2) is 62.2 Å². The van der Waals surface area contributed by atoms with Crippen molar-refractivity contribution in [3.8, 4) is 0 Å². The highest BCUT2D eigenvalue weighted by molar-refractivity contribution is 4.92. The van der Waals surface area contributed by atoms with E-state index in [1.807, 2.05) is 6.08 Å². The largest absolute Gasteiger partial charge is 0.312 e. The molecule has 0 amide bonds. The molecule has 1 fully saturated rings. The smallest absolute Gasteiger partial charge is 0.0376 e. The first-order chi connectivity index (χ1) is 7.69. The molecule has 0 radical (unpaired) electrons. The first kappa shape index (κ1) is 13.7. The van der Waals surface area contributed by atoms with E-state index in [1.165, 1.54) is 19.5 Å². The number of likely N-dealkylation sites (N-methyl/N-ethyl adjacent to an activating group) is 2. The van der Waals surface area contributed by atoms with Gasteiger partial charge in [-0.05, 0) is 33.5 Å². The molecule has 1 aliphatic heterocycles. The molecule has 0 bridgehead atoms. The van der Waals surface area contributed by atoms with E-state index in [-0.39, 0.29) is 0 Å². The van der Waals surface area contributed by atoms with E-state index in [4.69, 9.17) is 0 Å². The summed E-state index contributed by atoms with van der Waals surface area (Å²) >= 11 is 0. The molecule has 1 aliphatic rings. The average molecular weight is 225 g/mol. The summed E-state index contributed by atoms with van der Waals surface area (Å²) < 4.78 is 0. The number of hydrogen-bond donors (Lipinski definition) is 1. The number of rotatable bonds is 6. The molecule has 2 unspecified atom stereocenters. The van der Waals surface area contributed by atoms with E-state index in [2.05, 4.69) is 42.7 Å². The Balaban J connectivity index is 2.55. The van der Waals surface area contributed by atoms with Crippen molar-refractivity contribution in [2.45, 2.75) is 31.8 Å². The fraction of sp³-hybridized carbons (Fsp3) is 0.846. The molecule has 3 nitrogen and oxygen atoms in total. The van der Waals surface area contributed by atoms with Gasteiger partial charge < -0.3 is 10.2 Å². The molecule has 0 saturated carbocycles. The lowest BCUT2D eigenvalue weighted by atomic mass is 10.0. The summed E-state index contributed by atoms with van der Waals surface area (Å²) in [6.07, 6.45) is 4.29. The second-order valence-electron chi connectivity index (χ2n) is 4.90. The molecule has 1 N–H and O–H groups in total. The molecular formula is C13H27N3. The highest BCUT2D eigenvalue weighted by atomic mass is 15.3. The van der Waals surface area contributed by atoms with Crippen molar-refractivity contribution in [3.05, 3.63) is 12.7 Å². The molecule has 0 aromatic carbocycles. The van der Waals surface area contributed by atoms with E-state index >= 15 is 0 Å². The van der Waals surface area contributed by atoms with Crippen molar-refractivity contribution in [3.63, 3.8) is 0 Å². The second-order valence-corrected chi connectivity index (χ2v) is 4.90. The highest BCUT2D eigenvalue weighted by Crippen LogP contribution is 2.12. The van der Waals surface area contributed by atoms with E-state index in [9.17, 15) is 0 Å². The Hall–Kier alpha value is -0.380. The quantitative estimate of drug-likeness (QED) is 0.685. The summed E-state index contributed by atoms with van der Waals surface area (Å²) in [6.45, 7) is 10.7. The van der Waals surface area contributed by atoms with Crippen molar-refractivity contribution in [1.82, 2.24) is 15.1 Å². The van der Waals surface area contributed by atoms with Gasteiger partial charge >= 0.3 is 0 Å². The molecule has 2 atom stereocenters. The molecular weight excluding hydrogens is 198 g/mol. The number of piperazine rings is 1. The fourth-order valence-electron chi connectivity index (χ4n) is 2.36. The summed E-state index contributed by atoms with van der Waals surface area (Å²) in [5.74, 6) is 0. The number of hydrogen-bond acceptors (Lipinski definition) is 3. The van der Waals surface area contributed by atoms with Crippen LogP contribution in [0.3, 0.4) is 0 Å². The average Bonchev–Trinajstić information content (AvgIpc) is 2.28. The van der Waals surface area contributed by atoms with Crippen LogP contribution in [0.5, 0.6) is 0 Å². The van der Waals surface area contributed by atoms with Gasteiger partial charge in [0, 0.05) is 31.7 Å². The Morgan fingerprint density at radius 1 is 1.44 bits per heavy atom. The fourth-order valence-corrected chi connectivity index (χ4v) is 2.36. The van der Waals surface area contributed by atoms with Crippen molar-refractivity contribution >= 4 is 0 Å². The van der Waals surface area contributed by atoms with Crippen LogP contribution in [0.2, 0.25) is 0 Å². The van der Waals surface area contributed by atoms with Crippen LogP contribution in [0, 0.1) is 0 Å². The third-order valence-electron chi connectivity index (χ3n) is 3.44. The van der Waals surface area contributed by atoms with Gasteiger partial charge in [0.15, 0.2) is 0 Å². The normalized spacial score (nSPS) is 25.6. The van der Waals surface area contributed by atoms with E-state index in [0.717, 1.165) is 19.5 Å². The maximum atomic E-state index is 3.88. The predicted molar refractivity (Wildman–Crippen MR) is 70.8 cm³/mol. The third-order valence-corrected chi connectivity index (χ3v) is 3.44. The molecule has 1 rings (SSSR count). The Morgan fingerprint density at radius 2 is 2.19 bits per heavy atom. The third kappa shape index (κ3) is 3.89. The minimum absolute atomic E-state index is 0.546. The topological polar surface area (TPSA) is 18.5 Å². The number of nitrogens with zero attached hydrogens (tertiary/aromatic N) is 2. The summed E-state index contributed by atoms with van der Waals surface area (Å²) in [4.78, 5) is 4.91. The Bertz CT molecular complexity index is 205. The molecule has 0 aliphatic carbocycles. The minimum atomic E-state index is 0.546. The van der Waals surface area contributed by atoms with Crippen molar-refractivity contribution < 1.29 is 0 Å². The molecule has 0 aromatic heterocycles. The van der Waals surface area contributed by atoms with Gasteiger partial charge in [-0.2, -0.15) is 0 Å². The van der Waals surface area contributed by atoms with Crippen LogP contribution in [-0.2, 0) is 0 Å². The summed E-state index contributed by atoms with van der Waals surface area (Å²) in [6, 6.07) is 1.16. The molecule has 1 heterocycles. The minimum Gasteiger partial charge on any atom is -0.312 e. The lowest BCUT2D eigenvalue weighted by molar-refractivity contribution is 0.0883. The van der Waals surface area contributed by atoms with Crippen LogP contribution < -0.4 is 5.32 Å². The molecule has 3 heteroatoms. The van der Waals surface area contributed by atoms with Gasteiger partial charge in [-0.25, -0.2) is 0 Å². The molecule has 0 aromatic rings. The van der Waals surface area contributed by atoms with E-state index in [1.54, 1.807) is 0 Å². The maximum Gasteiger partial charge on any atom is 0.0376 e. The van der Waals surface area contributed by atoms with Gasteiger partial charge in [0.25, 0.3) is 0 Å². The van der Waals surface area contributed by atoms with Gasteiger partial charge in [-0.15, -0.1) is 6.58 Å². The van der Waals surface area contributed by atoms with Gasteiger partial charge in [0.2, 0.25) is 0 Å². The van der Waals surface area contributed by atoms with E-state index in [0.29, 0.717) is 12.1 Å². The van der Waals surface area contributed by atoms with Crippen LogP contribution in [0.25, 0.3) is 0 Å². The summed E-state index contributed by atoms with van der Waals surface area (Å²) in [5.41, 5.74) is 0. The van der Waals surface area contributed by atoms with Gasteiger partial charge in [0.1, 0.15) is 0 Å². The zero-order chi connectivity index (χ0) is 12.0. The first-order valence-electron chi connectivity index (χ1n) is 6.42. The van der Waals surface area contributed by atoms with Crippen LogP contribution in [0.4, 0.5) is 0 Å². The van der Waals surface area contributed by atoms with Crippen molar-refractivity contribution in [1.29, 1.82) is 0 Å². The zero-order valence-electron chi connectivity index (χ0n) is 11.1. The van der Waals surface area contributed by atoms with Crippen LogP contribution in [0.1, 0.15) is 19.8 Å². The standard InChI is InChI=1S/C13H27N3/c1-5-7-12(14-8-6-2)13-11-15(3)9-10-16(13)4/h5,12-14H,1,6-11H2,2-4H3. The molecule has 94 valence electrons. The van der Waals surface area contributed by atoms with Gasteiger partial charge in [-0.3, -0.25) is 4.90 Å². The lowest BCUT2D eigenvalue weighted by Crippen LogP contribution is -2.58. The van der Waals surface area contributed by atoms with E-state index < -0.39 is 0 Å². The van der Waals surface area contributed by atoms with Gasteiger partial charge in [-0.1, -0.05) is 13.0 Å². The Kier molecular flexibility index (Phi) is 6.03. The molecule has 0 spiro atoms. The van der Waals surface area contributed by atoms with Crippen LogP contribution >= 0.6 is 0 Å². The second kappa shape index (κ2) is 7.05. The number of nitrogens with one attached hydrogen (secondary N) is 1. The SMILES string of the molecule is C=CCC(NCCC)C1CN(C)CCN1C. The highest BCUT2D eigenvalue weighted by Gasteiger charge is 2.28. The Morgan fingerprint density at radius 3 is 2.81 bits per heavy atom. The summed E-state index contributed by atoms with van der Waals surface area (Å²) in [5, 5.41) is 3.65. The monoisotopic (exact) mass is 225 g/mol. The first-order valence-corrected chi connectivity index (χ1v) is 6.42. The lowest BCUT2D eigenvalue weighted by Gasteiger charge is -2.42. The zero-order valence-corrected chi connectivity index (χ0v) is 11.1. The summed E-state index contributed by atoms with van der Waals surface area (Å²) in [7, 11) is 4.45. The molecule has 16 heavy (non-hydrogen) atoms. The Labute approximate surface area is 100 Å². The van der Waals surface area contributed by atoms with Crippen molar-refractivity contribution in [2.24, 2.45) is 0 Å². The van der Waals surface area contributed by atoms with Crippen molar-refractivity contribution in [2.75, 3.05) is 40.3 Å². The maximum absolute atomic E-state index is 3.88. The van der Waals surface area contributed by atoms with Gasteiger partial charge in [0.05, 0.1) is 0 Å². The molecule has 1 saturated heterocycles. The predicted octanol–water partition coefficient (Wildman–Crippen LogP) is 1.18.